The standard InChI is InChI=1S/C10H12N2/c1-8-10(11-8)12(2)9-6-4-3-5-7-9/h3-8H,1-2H3. The minimum atomic E-state index is 0.426. The van der Waals surface area contributed by atoms with Crippen molar-refractivity contribution in [1.82, 2.24) is 0 Å². The fourth-order valence-electron chi connectivity index (χ4n) is 1.31. The lowest BCUT2D eigenvalue weighted by molar-refractivity contribution is 1.13. The maximum atomic E-state index is 4.27. The Kier molecular flexibility index (Phi) is 1.61. The van der Waals surface area contributed by atoms with E-state index >= 15 is 0 Å². The SMILES string of the molecule is CC1N=C1N(C)c1ccccc1. The molecule has 1 aliphatic rings. The number of amidine groups is 1. The monoisotopic (exact) mass is 160 g/mol. The molecule has 0 spiro atoms. The molecule has 12 heavy (non-hydrogen) atoms. The quantitative estimate of drug-likeness (QED) is 0.613. The Balaban J connectivity index is 2.16. The molecule has 0 saturated heterocycles. The van der Waals surface area contributed by atoms with Gasteiger partial charge in [0.25, 0.3) is 0 Å². The minimum absolute atomic E-state index is 0.426. The summed E-state index contributed by atoms with van der Waals surface area (Å²) in [6.07, 6.45) is 0. The molecule has 0 fully saturated rings. The highest BCUT2D eigenvalue weighted by molar-refractivity contribution is 6.09. The number of rotatable bonds is 1. The van der Waals surface area contributed by atoms with Crippen LogP contribution in [0.2, 0.25) is 0 Å². The van der Waals surface area contributed by atoms with E-state index in [0.29, 0.717) is 6.04 Å². The van der Waals surface area contributed by atoms with E-state index in [4.69, 9.17) is 0 Å². The second-order valence-electron chi connectivity index (χ2n) is 3.06. The summed E-state index contributed by atoms with van der Waals surface area (Å²) in [5, 5.41) is 0. The van der Waals surface area contributed by atoms with E-state index in [0.717, 1.165) is 0 Å². The van der Waals surface area contributed by atoms with Crippen LogP contribution in [0.15, 0.2) is 35.3 Å². The van der Waals surface area contributed by atoms with E-state index in [2.05, 4.69) is 36.0 Å². The van der Waals surface area contributed by atoms with Crippen LogP contribution < -0.4 is 4.90 Å². The maximum Gasteiger partial charge on any atom is 0.129 e. The Bertz CT molecular complexity index is 303. The van der Waals surface area contributed by atoms with Gasteiger partial charge in [0.2, 0.25) is 0 Å². The van der Waals surface area contributed by atoms with Crippen LogP contribution in [-0.4, -0.2) is 18.9 Å². The van der Waals surface area contributed by atoms with Gasteiger partial charge in [-0.05, 0) is 19.1 Å². The highest BCUT2D eigenvalue weighted by Gasteiger charge is 2.26. The lowest BCUT2D eigenvalue weighted by Gasteiger charge is -2.13. The fourth-order valence-corrected chi connectivity index (χ4v) is 1.31. The second kappa shape index (κ2) is 2.63. The molecular weight excluding hydrogens is 148 g/mol. The summed E-state index contributed by atoms with van der Waals surface area (Å²) in [6, 6.07) is 10.7. The normalized spacial score (nSPS) is 20.2. The van der Waals surface area contributed by atoms with E-state index in [-0.39, 0.29) is 0 Å². The van der Waals surface area contributed by atoms with E-state index in [1.807, 2.05) is 18.2 Å². The summed E-state index contributed by atoms with van der Waals surface area (Å²) in [6.45, 7) is 2.11. The van der Waals surface area contributed by atoms with Gasteiger partial charge in [0.15, 0.2) is 0 Å². The summed E-state index contributed by atoms with van der Waals surface area (Å²) >= 11 is 0. The van der Waals surface area contributed by atoms with Gasteiger partial charge < -0.3 is 4.90 Å². The van der Waals surface area contributed by atoms with Gasteiger partial charge in [0, 0.05) is 12.7 Å². The van der Waals surface area contributed by atoms with Crippen LogP contribution in [0.25, 0.3) is 0 Å². The third kappa shape index (κ3) is 1.20. The predicted molar refractivity (Wildman–Crippen MR) is 51.7 cm³/mol. The third-order valence-electron chi connectivity index (χ3n) is 2.12. The van der Waals surface area contributed by atoms with Crippen LogP contribution >= 0.6 is 0 Å². The van der Waals surface area contributed by atoms with Crippen molar-refractivity contribution in [1.29, 1.82) is 0 Å². The molecule has 2 heteroatoms. The number of nitrogens with zero attached hydrogens (tertiary/aromatic N) is 2. The summed E-state index contributed by atoms with van der Waals surface area (Å²) < 4.78 is 0. The largest absolute Gasteiger partial charge is 0.331 e. The van der Waals surface area contributed by atoms with Gasteiger partial charge in [-0.3, -0.25) is 4.99 Å². The van der Waals surface area contributed by atoms with E-state index in [1.54, 1.807) is 0 Å². The summed E-state index contributed by atoms with van der Waals surface area (Å²) in [5.74, 6) is 1.18. The molecule has 0 aliphatic carbocycles. The molecule has 1 aliphatic heterocycles. The first-order valence-electron chi connectivity index (χ1n) is 4.15. The third-order valence-corrected chi connectivity index (χ3v) is 2.12. The predicted octanol–water partition coefficient (Wildman–Crippen LogP) is 1.92. The van der Waals surface area contributed by atoms with Gasteiger partial charge in [0.1, 0.15) is 11.9 Å². The van der Waals surface area contributed by atoms with Crippen molar-refractivity contribution in [3.63, 3.8) is 0 Å². The molecule has 2 nitrogen and oxygen atoms in total. The van der Waals surface area contributed by atoms with Crippen LogP contribution in [0.5, 0.6) is 0 Å². The molecule has 1 unspecified atom stereocenters. The average molecular weight is 160 g/mol. The van der Waals surface area contributed by atoms with Gasteiger partial charge in [-0.1, -0.05) is 18.2 Å². The maximum absolute atomic E-state index is 4.27. The van der Waals surface area contributed by atoms with Gasteiger partial charge >= 0.3 is 0 Å². The number of hydrogen-bond donors (Lipinski definition) is 0. The van der Waals surface area contributed by atoms with Crippen molar-refractivity contribution >= 4 is 11.5 Å². The van der Waals surface area contributed by atoms with E-state index in [1.165, 1.54) is 11.5 Å². The number of aliphatic imine (C=N–C) groups is 1. The van der Waals surface area contributed by atoms with Gasteiger partial charge in [-0.15, -0.1) is 0 Å². The number of hydrogen-bond acceptors (Lipinski definition) is 2. The molecule has 0 amide bonds. The van der Waals surface area contributed by atoms with Crippen LogP contribution in [0.4, 0.5) is 5.69 Å². The Hall–Kier alpha value is -1.31. The Morgan fingerprint density at radius 3 is 2.33 bits per heavy atom. The molecule has 1 aromatic carbocycles. The molecule has 1 heterocycles. The van der Waals surface area contributed by atoms with Crippen LogP contribution in [0.3, 0.4) is 0 Å². The molecule has 0 bridgehead atoms. The Morgan fingerprint density at radius 2 is 1.83 bits per heavy atom. The fraction of sp³-hybridized carbons (Fsp3) is 0.300. The molecule has 0 aromatic heterocycles. The van der Waals surface area contributed by atoms with Crippen molar-refractivity contribution in [2.24, 2.45) is 4.99 Å². The van der Waals surface area contributed by atoms with Crippen molar-refractivity contribution in [3.05, 3.63) is 30.3 Å². The Morgan fingerprint density at radius 1 is 1.25 bits per heavy atom. The van der Waals surface area contributed by atoms with Crippen molar-refractivity contribution in [2.45, 2.75) is 13.0 Å². The molecule has 2 rings (SSSR count). The van der Waals surface area contributed by atoms with Crippen molar-refractivity contribution < 1.29 is 0 Å². The van der Waals surface area contributed by atoms with E-state index < -0.39 is 0 Å². The average Bonchev–Trinajstić information content (AvgIpc) is 2.83. The smallest absolute Gasteiger partial charge is 0.129 e. The summed E-state index contributed by atoms with van der Waals surface area (Å²) in [7, 11) is 2.05. The van der Waals surface area contributed by atoms with E-state index in [9.17, 15) is 0 Å². The molecule has 0 radical (unpaired) electrons. The molecule has 62 valence electrons. The number of benzene rings is 1. The molecule has 1 aromatic rings. The Labute approximate surface area is 72.5 Å². The van der Waals surface area contributed by atoms with Crippen molar-refractivity contribution in [3.8, 4) is 0 Å². The molecule has 1 atom stereocenters. The van der Waals surface area contributed by atoms with Gasteiger partial charge in [0.05, 0.1) is 0 Å². The van der Waals surface area contributed by atoms with Gasteiger partial charge in [-0.25, -0.2) is 0 Å². The first-order chi connectivity index (χ1) is 5.79. The number of para-hydroxylation sites is 1. The lowest BCUT2D eigenvalue weighted by atomic mass is 10.3. The molecular formula is C10H12N2. The number of likely N-dealkylation sites (N-methyl/N-ethyl adjacent to an activating group) is 1. The summed E-state index contributed by atoms with van der Waals surface area (Å²) in [5.41, 5.74) is 1.21. The first-order valence-corrected chi connectivity index (χ1v) is 4.15. The van der Waals surface area contributed by atoms with Crippen LogP contribution in [-0.2, 0) is 0 Å². The zero-order valence-electron chi connectivity index (χ0n) is 7.36. The minimum Gasteiger partial charge on any atom is -0.331 e. The zero-order valence-corrected chi connectivity index (χ0v) is 7.36. The molecule has 0 N–H and O–H groups in total. The lowest BCUT2D eigenvalue weighted by Crippen LogP contribution is -2.21. The topological polar surface area (TPSA) is 15.6 Å². The zero-order chi connectivity index (χ0) is 8.55. The highest BCUT2D eigenvalue weighted by atomic mass is 15.3. The highest BCUT2D eigenvalue weighted by Crippen LogP contribution is 2.20. The van der Waals surface area contributed by atoms with Crippen LogP contribution in [0.1, 0.15) is 6.92 Å². The first kappa shape index (κ1) is 7.35. The van der Waals surface area contributed by atoms with Crippen molar-refractivity contribution in [2.75, 3.05) is 11.9 Å². The second-order valence-corrected chi connectivity index (χ2v) is 3.06. The number of anilines is 1. The molecule has 0 saturated carbocycles. The van der Waals surface area contributed by atoms with Gasteiger partial charge in [-0.2, -0.15) is 0 Å². The van der Waals surface area contributed by atoms with Crippen LogP contribution in [0, 0.1) is 0 Å². The summed E-state index contributed by atoms with van der Waals surface area (Å²) in [4.78, 5) is 6.40.